The fraction of sp³-hybridized carbons (Fsp3) is 1.00. The molecular formula is C17H35N3. The quantitative estimate of drug-likeness (QED) is 0.859. The van der Waals surface area contributed by atoms with E-state index in [1.54, 1.807) is 0 Å². The van der Waals surface area contributed by atoms with Crippen LogP contribution in [0.1, 0.15) is 46.5 Å². The molecule has 2 N–H and O–H groups in total. The molecule has 1 aliphatic heterocycles. The van der Waals surface area contributed by atoms with Crippen molar-refractivity contribution < 1.29 is 0 Å². The van der Waals surface area contributed by atoms with E-state index in [1.165, 1.54) is 38.8 Å². The Labute approximate surface area is 125 Å². The lowest BCUT2D eigenvalue weighted by molar-refractivity contribution is 0.0480. The molecule has 3 nitrogen and oxygen atoms in total. The van der Waals surface area contributed by atoms with Gasteiger partial charge in [-0.3, -0.25) is 4.90 Å². The van der Waals surface area contributed by atoms with Crippen LogP contribution in [0.15, 0.2) is 0 Å². The van der Waals surface area contributed by atoms with Gasteiger partial charge in [0.2, 0.25) is 0 Å². The number of likely N-dealkylation sites (tertiary alicyclic amines) is 1. The zero-order valence-corrected chi connectivity index (χ0v) is 14.2. The smallest absolute Gasteiger partial charge is 0.0332 e. The Balaban J connectivity index is 2.03. The molecule has 2 rings (SSSR count). The Kier molecular flexibility index (Phi) is 5.14. The Morgan fingerprint density at radius 1 is 1.20 bits per heavy atom. The molecule has 0 amide bonds. The molecule has 0 radical (unpaired) electrons. The molecule has 2 unspecified atom stereocenters. The predicted octanol–water partition coefficient (Wildman–Crippen LogP) is 2.41. The summed E-state index contributed by atoms with van der Waals surface area (Å²) >= 11 is 0. The van der Waals surface area contributed by atoms with Crippen LogP contribution in [0.25, 0.3) is 0 Å². The van der Waals surface area contributed by atoms with Crippen molar-refractivity contribution in [1.82, 2.24) is 9.80 Å². The molecule has 0 aromatic carbocycles. The van der Waals surface area contributed by atoms with Crippen molar-refractivity contribution in [3.63, 3.8) is 0 Å². The Morgan fingerprint density at radius 3 is 2.20 bits per heavy atom. The van der Waals surface area contributed by atoms with E-state index in [9.17, 15) is 0 Å². The normalized spacial score (nSPS) is 39.9. The highest BCUT2D eigenvalue weighted by Crippen LogP contribution is 2.41. The molecule has 0 spiro atoms. The largest absolute Gasteiger partial charge is 0.329 e. The third-order valence-corrected chi connectivity index (χ3v) is 6.19. The first-order valence-corrected chi connectivity index (χ1v) is 8.51. The average Bonchev–Trinajstić information content (AvgIpc) is 2.81. The van der Waals surface area contributed by atoms with Crippen LogP contribution in [0.5, 0.6) is 0 Å². The number of nitrogens with zero attached hydrogens (tertiary/aromatic N) is 2. The fourth-order valence-electron chi connectivity index (χ4n) is 4.50. The number of likely N-dealkylation sites (N-methyl/N-ethyl adjacent to an activating group) is 1. The molecule has 0 aromatic heterocycles. The molecule has 3 heteroatoms. The van der Waals surface area contributed by atoms with Gasteiger partial charge in [-0.25, -0.2) is 0 Å². The van der Waals surface area contributed by atoms with Crippen molar-refractivity contribution in [3.8, 4) is 0 Å². The third-order valence-electron chi connectivity index (χ3n) is 6.19. The van der Waals surface area contributed by atoms with Crippen LogP contribution in [0.4, 0.5) is 0 Å². The highest BCUT2D eigenvalue weighted by molar-refractivity contribution is 5.01. The molecule has 1 saturated carbocycles. The van der Waals surface area contributed by atoms with E-state index in [0.717, 1.165) is 24.3 Å². The molecule has 20 heavy (non-hydrogen) atoms. The predicted molar refractivity (Wildman–Crippen MR) is 86.8 cm³/mol. The van der Waals surface area contributed by atoms with Gasteiger partial charge in [-0.2, -0.15) is 0 Å². The van der Waals surface area contributed by atoms with Gasteiger partial charge >= 0.3 is 0 Å². The van der Waals surface area contributed by atoms with Crippen LogP contribution in [-0.4, -0.2) is 55.1 Å². The van der Waals surface area contributed by atoms with Crippen molar-refractivity contribution in [2.24, 2.45) is 23.5 Å². The van der Waals surface area contributed by atoms with Crippen LogP contribution >= 0.6 is 0 Å². The van der Waals surface area contributed by atoms with Gasteiger partial charge < -0.3 is 10.6 Å². The Bertz CT molecular complexity index is 305. The number of hydrogen-bond donors (Lipinski definition) is 1. The van der Waals surface area contributed by atoms with Gasteiger partial charge in [0.25, 0.3) is 0 Å². The van der Waals surface area contributed by atoms with Gasteiger partial charge in [-0.1, -0.05) is 20.8 Å². The van der Waals surface area contributed by atoms with Crippen LogP contribution < -0.4 is 5.73 Å². The van der Waals surface area contributed by atoms with Crippen molar-refractivity contribution in [3.05, 3.63) is 0 Å². The fourth-order valence-corrected chi connectivity index (χ4v) is 4.50. The maximum atomic E-state index is 6.25. The summed E-state index contributed by atoms with van der Waals surface area (Å²) in [7, 11) is 4.44. The second-order valence-corrected chi connectivity index (χ2v) is 7.92. The summed E-state index contributed by atoms with van der Waals surface area (Å²) in [5, 5.41) is 0. The summed E-state index contributed by atoms with van der Waals surface area (Å²) in [6.07, 6.45) is 5.34. The first-order valence-electron chi connectivity index (χ1n) is 8.51. The average molecular weight is 281 g/mol. The molecule has 2 atom stereocenters. The maximum Gasteiger partial charge on any atom is 0.0332 e. The summed E-state index contributed by atoms with van der Waals surface area (Å²) in [4.78, 5) is 5.13. The lowest BCUT2D eigenvalue weighted by atomic mass is 9.72. The standard InChI is InChI=1S/C17H35N3/c1-13(2)15-6-8-17(12-18,9-7-15)20-10-14(3)16(11-20)19(4)5/h13-16H,6-12,18H2,1-5H3. The number of nitrogens with two attached hydrogens (primary N) is 1. The van der Waals surface area contributed by atoms with Gasteiger partial charge in [-0.15, -0.1) is 0 Å². The maximum absolute atomic E-state index is 6.25. The molecule has 1 saturated heterocycles. The van der Waals surface area contributed by atoms with Crippen molar-refractivity contribution in [2.75, 3.05) is 33.7 Å². The van der Waals surface area contributed by atoms with Crippen LogP contribution in [-0.2, 0) is 0 Å². The third kappa shape index (κ3) is 3.05. The molecular weight excluding hydrogens is 246 g/mol. The van der Waals surface area contributed by atoms with Gasteiger partial charge in [0, 0.05) is 31.2 Å². The minimum absolute atomic E-state index is 0.296. The molecule has 2 fully saturated rings. The summed E-state index contributed by atoms with van der Waals surface area (Å²) in [6, 6.07) is 0.696. The van der Waals surface area contributed by atoms with E-state index in [0.29, 0.717) is 11.6 Å². The molecule has 1 heterocycles. The summed E-state index contributed by atoms with van der Waals surface area (Å²) in [5.41, 5.74) is 6.55. The van der Waals surface area contributed by atoms with Crippen LogP contribution in [0.3, 0.4) is 0 Å². The minimum Gasteiger partial charge on any atom is -0.329 e. The molecule has 0 bridgehead atoms. The van der Waals surface area contributed by atoms with Gasteiger partial charge in [-0.05, 0) is 57.5 Å². The van der Waals surface area contributed by atoms with E-state index in [-0.39, 0.29) is 0 Å². The van der Waals surface area contributed by atoms with E-state index < -0.39 is 0 Å². The Morgan fingerprint density at radius 2 is 1.80 bits per heavy atom. The van der Waals surface area contributed by atoms with Crippen LogP contribution in [0, 0.1) is 17.8 Å². The zero-order chi connectivity index (χ0) is 14.9. The molecule has 118 valence electrons. The van der Waals surface area contributed by atoms with Crippen molar-refractivity contribution in [2.45, 2.75) is 58.0 Å². The lowest BCUT2D eigenvalue weighted by Gasteiger charge is -2.47. The van der Waals surface area contributed by atoms with Gasteiger partial charge in [0.1, 0.15) is 0 Å². The molecule has 1 aliphatic carbocycles. The zero-order valence-electron chi connectivity index (χ0n) is 14.2. The highest BCUT2D eigenvalue weighted by Gasteiger charge is 2.44. The molecule has 2 aliphatic rings. The second kappa shape index (κ2) is 6.33. The van der Waals surface area contributed by atoms with Crippen LogP contribution in [0.2, 0.25) is 0 Å². The SMILES string of the molecule is CC(C)C1CCC(CN)(N2CC(C)C(N(C)C)C2)CC1. The summed E-state index contributed by atoms with van der Waals surface area (Å²) in [6.45, 7) is 10.4. The van der Waals surface area contributed by atoms with Crippen molar-refractivity contribution >= 4 is 0 Å². The minimum atomic E-state index is 0.296. The summed E-state index contributed by atoms with van der Waals surface area (Å²) in [5.74, 6) is 2.51. The topological polar surface area (TPSA) is 32.5 Å². The monoisotopic (exact) mass is 281 g/mol. The number of hydrogen-bond acceptors (Lipinski definition) is 3. The highest BCUT2D eigenvalue weighted by atomic mass is 15.3. The van der Waals surface area contributed by atoms with E-state index in [2.05, 4.69) is 44.7 Å². The van der Waals surface area contributed by atoms with Crippen molar-refractivity contribution in [1.29, 1.82) is 0 Å². The second-order valence-electron chi connectivity index (χ2n) is 7.92. The van der Waals surface area contributed by atoms with E-state index in [4.69, 9.17) is 5.73 Å². The van der Waals surface area contributed by atoms with E-state index >= 15 is 0 Å². The Hall–Kier alpha value is -0.120. The van der Waals surface area contributed by atoms with Gasteiger partial charge in [0.15, 0.2) is 0 Å². The molecule has 0 aromatic rings. The van der Waals surface area contributed by atoms with Gasteiger partial charge in [0.05, 0.1) is 0 Å². The van der Waals surface area contributed by atoms with E-state index in [1.807, 2.05) is 0 Å². The number of rotatable bonds is 4. The first kappa shape index (κ1) is 16.3. The lowest BCUT2D eigenvalue weighted by Crippen LogP contribution is -2.55. The first-order chi connectivity index (χ1) is 9.39. The summed E-state index contributed by atoms with van der Waals surface area (Å²) < 4.78 is 0.